The average Bonchev–Trinajstić information content (AvgIpc) is 3.25. The first-order valence-corrected chi connectivity index (χ1v) is 10.8. The smallest absolute Gasteiger partial charge is 0.275 e. The zero-order valence-corrected chi connectivity index (χ0v) is 17.6. The maximum atomic E-state index is 12.5. The summed E-state index contributed by atoms with van der Waals surface area (Å²) < 4.78 is 10.8. The highest BCUT2D eigenvalue weighted by molar-refractivity contribution is 7.14. The van der Waals surface area contributed by atoms with Gasteiger partial charge in [-0.25, -0.2) is 4.98 Å². The highest BCUT2D eigenvalue weighted by Crippen LogP contribution is 2.24. The van der Waals surface area contributed by atoms with Gasteiger partial charge in [0.1, 0.15) is 11.4 Å². The van der Waals surface area contributed by atoms with Gasteiger partial charge in [0.05, 0.1) is 19.8 Å². The average molecular weight is 425 g/mol. The molecule has 3 aromatic rings. The number of carbonyl (C=O) groups excluding carboxylic acids is 1. The highest BCUT2D eigenvalue weighted by atomic mass is 32.1. The lowest BCUT2D eigenvalue weighted by Crippen LogP contribution is -2.36. The molecular formula is C22H24N4O3S. The molecule has 8 heteroatoms. The second-order valence-corrected chi connectivity index (χ2v) is 7.58. The molecule has 1 amide bonds. The molecule has 156 valence electrons. The number of ether oxygens (including phenoxy) is 2. The SMILES string of the molecule is CCOc1ccc(Nc2nc(C(=O)Nc3ccc(N4CCOCC4)cc3)cs2)cc1. The van der Waals surface area contributed by atoms with Crippen molar-refractivity contribution in [3.05, 3.63) is 59.6 Å². The fourth-order valence-electron chi connectivity index (χ4n) is 3.13. The summed E-state index contributed by atoms with van der Waals surface area (Å²) in [6, 6.07) is 15.5. The van der Waals surface area contributed by atoms with Crippen LogP contribution in [-0.2, 0) is 4.74 Å². The van der Waals surface area contributed by atoms with Gasteiger partial charge in [0, 0.05) is 35.5 Å². The summed E-state index contributed by atoms with van der Waals surface area (Å²) >= 11 is 1.39. The number of anilines is 4. The van der Waals surface area contributed by atoms with Crippen molar-refractivity contribution >= 4 is 39.4 Å². The number of amides is 1. The Morgan fingerprint density at radius 1 is 1.10 bits per heavy atom. The van der Waals surface area contributed by atoms with Crippen molar-refractivity contribution in [2.24, 2.45) is 0 Å². The van der Waals surface area contributed by atoms with E-state index < -0.39 is 0 Å². The zero-order chi connectivity index (χ0) is 20.8. The van der Waals surface area contributed by atoms with E-state index in [-0.39, 0.29) is 5.91 Å². The first-order valence-electron chi connectivity index (χ1n) is 9.91. The second kappa shape index (κ2) is 9.60. The standard InChI is InChI=1S/C22H24N4O3S/c1-2-29-19-9-5-17(6-10-19)24-22-25-20(15-30-22)21(27)23-16-3-7-18(8-4-16)26-11-13-28-14-12-26/h3-10,15H,2,11-14H2,1H3,(H,23,27)(H,24,25). The Morgan fingerprint density at radius 3 is 2.50 bits per heavy atom. The van der Waals surface area contributed by atoms with Crippen LogP contribution >= 0.6 is 11.3 Å². The van der Waals surface area contributed by atoms with E-state index >= 15 is 0 Å². The lowest BCUT2D eigenvalue weighted by Gasteiger charge is -2.28. The third-order valence-corrected chi connectivity index (χ3v) is 5.41. The van der Waals surface area contributed by atoms with Crippen molar-refractivity contribution in [2.75, 3.05) is 48.4 Å². The van der Waals surface area contributed by atoms with E-state index in [1.807, 2.05) is 55.5 Å². The van der Waals surface area contributed by atoms with Crippen LogP contribution in [0.1, 0.15) is 17.4 Å². The molecule has 1 aliphatic heterocycles. The van der Waals surface area contributed by atoms with Crippen molar-refractivity contribution in [3.8, 4) is 5.75 Å². The minimum atomic E-state index is -0.231. The lowest BCUT2D eigenvalue weighted by atomic mass is 10.2. The molecule has 0 saturated carbocycles. The molecule has 0 unspecified atom stereocenters. The summed E-state index contributed by atoms with van der Waals surface area (Å²) in [6.45, 7) is 5.84. The number of nitrogens with one attached hydrogen (secondary N) is 2. The molecule has 0 bridgehead atoms. The normalized spacial score (nSPS) is 13.7. The number of hydrogen-bond donors (Lipinski definition) is 2. The van der Waals surface area contributed by atoms with Crippen molar-refractivity contribution in [2.45, 2.75) is 6.92 Å². The molecule has 0 aliphatic carbocycles. The molecule has 30 heavy (non-hydrogen) atoms. The van der Waals surface area contributed by atoms with Crippen LogP contribution in [0.2, 0.25) is 0 Å². The van der Waals surface area contributed by atoms with Crippen molar-refractivity contribution in [1.29, 1.82) is 0 Å². The predicted octanol–water partition coefficient (Wildman–Crippen LogP) is 4.37. The van der Waals surface area contributed by atoms with E-state index in [1.54, 1.807) is 5.38 Å². The van der Waals surface area contributed by atoms with Gasteiger partial charge in [-0.05, 0) is 55.5 Å². The number of rotatable bonds is 7. The summed E-state index contributed by atoms with van der Waals surface area (Å²) in [7, 11) is 0. The molecule has 1 aromatic heterocycles. The van der Waals surface area contributed by atoms with E-state index in [2.05, 4.69) is 20.5 Å². The fraction of sp³-hybridized carbons (Fsp3) is 0.273. The number of morpholine rings is 1. The molecule has 1 aliphatic rings. The van der Waals surface area contributed by atoms with Crippen LogP contribution < -0.4 is 20.3 Å². The van der Waals surface area contributed by atoms with Gasteiger partial charge < -0.3 is 25.0 Å². The van der Waals surface area contributed by atoms with E-state index in [0.29, 0.717) is 17.4 Å². The molecule has 0 spiro atoms. The third kappa shape index (κ3) is 5.08. The molecule has 0 atom stereocenters. The second-order valence-electron chi connectivity index (χ2n) is 6.72. The summed E-state index contributed by atoms with van der Waals surface area (Å²) in [5.74, 6) is 0.590. The summed E-state index contributed by atoms with van der Waals surface area (Å²) in [5, 5.41) is 8.52. The first kappa shape index (κ1) is 20.2. The zero-order valence-electron chi connectivity index (χ0n) is 16.8. The number of hydrogen-bond acceptors (Lipinski definition) is 7. The Balaban J connectivity index is 1.34. The molecule has 1 saturated heterocycles. The lowest BCUT2D eigenvalue weighted by molar-refractivity contribution is 0.102. The minimum Gasteiger partial charge on any atom is -0.494 e. The van der Waals surface area contributed by atoms with Crippen LogP contribution in [0, 0.1) is 0 Å². The van der Waals surface area contributed by atoms with Crippen LogP contribution in [0.5, 0.6) is 5.75 Å². The minimum absolute atomic E-state index is 0.231. The predicted molar refractivity (Wildman–Crippen MR) is 120 cm³/mol. The van der Waals surface area contributed by atoms with Gasteiger partial charge in [0.15, 0.2) is 5.13 Å². The van der Waals surface area contributed by atoms with Crippen LogP contribution in [0.15, 0.2) is 53.9 Å². The molecule has 2 heterocycles. The molecular weight excluding hydrogens is 400 g/mol. The van der Waals surface area contributed by atoms with E-state index in [1.165, 1.54) is 11.3 Å². The largest absolute Gasteiger partial charge is 0.494 e. The fourth-order valence-corrected chi connectivity index (χ4v) is 3.84. The van der Waals surface area contributed by atoms with Crippen LogP contribution in [0.3, 0.4) is 0 Å². The van der Waals surface area contributed by atoms with Crippen molar-refractivity contribution < 1.29 is 14.3 Å². The molecule has 0 radical (unpaired) electrons. The number of benzene rings is 2. The number of carbonyl (C=O) groups is 1. The Morgan fingerprint density at radius 2 is 1.80 bits per heavy atom. The molecule has 7 nitrogen and oxygen atoms in total. The highest BCUT2D eigenvalue weighted by Gasteiger charge is 2.13. The van der Waals surface area contributed by atoms with E-state index in [4.69, 9.17) is 9.47 Å². The molecule has 2 aromatic carbocycles. The van der Waals surface area contributed by atoms with Gasteiger partial charge in [-0.15, -0.1) is 11.3 Å². The number of nitrogens with zero attached hydrogens (tertiary/aromatic N) is 2. The van der Waals surface area contributed by atoms with Gasteiger partial charge in [-0.3, -0.25) is 4.79 Å². The quantitative estimate of drug-likeness (QED) is 0.586. The number of aromatic nitrogens is 1. The topological polar surface area (TPSA) is 75.7 Å². The van der Waals surface area contributed by atoms with Crippen LogP contribution in [-0.4, -0.2) is 43.8 Å². The summed E-state index contributed by atoms with van der Waals surface area (Å²) in [4.78, 5) is 19.2. The monoisotopic (exact) mass is 424 g/mol. The van der Waals surface area contributed by atoms with E-state index in [0.717, 1.165) is 49.1 Å². The van der Waals surface area contributed by atoms with Gasteiger partial charge in [0.2, 0.25) is 0 Å². The van der Waals surface area contributed by atoms with Crippen molar-refractivity contribution in [3.63, 3.8) is 0 Å². The van der Waals surface area contributed by atoms with E-state index in [9.17, 15) is 4.79 Å². The molecule has 2 N–H and O–H groups in total. The Kier molecular flexibility index (Phi) is 6.46. The Labute approximate surface area is 179 Å². The van der Waals surface area contributed by atoms with Crippen LogP contribution in [0.25, 0.3) is 0 Å². The van der Waals surface area contributed by atoms with Gasteiger partial charge >= 0.3 is 0 Å². The maximum absolute atomic E-state index is 12.5. The first-order chi connectivity index (χ1) is 14.7. The molecule has 1 fully saturated rings. The van der Waals surface area contributed by atoms with Gasteiger partial charge in [-0.1, -0.05) is 0 Å². The molecule has 4 rings (SSSR count). The third-order valence-electron chi connectivity index (χ3n) is 4.65. The summed E-state index contributed by atoms with van der Waals surface area (Å²) in [6.07, 6.45) is 0. The Hall–Kier alpha value is -3.10. The maximum Gasteiger partial charge on any atom is 0.275 e. The number of thiazole rings is 1. The van der Waals surface area contributed by atoms with Crippen LogP contribution in [0.4, 0.5) is 22.2 Å². The van der Waals surface area contributed by atoms with Gasteiger partial charge in [0.25, 0.3) is 5.91 Å². The van der Waals surface area contributed by atoms with Crippen molar-refractivity contribution in [1.82, 2.24) is 4.98 Å². The van der Waals surface area contributed by atoms with Gasteiger partial charge in [-0.2, -0.15) is 0 Å². The summed E-state index contributed by atoms with van der Waals surface area (Å²) in [5.41, 5.74) is 3.14. The Bertz CT molecular complexity index is 967.